The molecule has 106 valence electrons. The van der Waals surface area contributed by atoms with Crippen LogP contribution in [-0.2, 0) is 6.42 Å². The second-order valence-electron chi connectivity index (χ2n) is 4.33. The van der Waals surface area contributed by atoms with Crippen LogP contribution >= 0.6 is 39.1 Å². The van der Waals surface area contributed by atoms with Gasteiger partial charge in [0.1, 0.15) is 5.82 Å². The van der Waals surface area contributed by atoms with E-state index in [-0.39, 0.29) is 11.9 Å². The van der Waals surface area contributed by atoms with Gasteiger partial charge >= 0.3 is 0 Å². The van der Waals surface area contributed by atoms with Crippen LogP contribution in [0.25, 0.3) is 0 Å². The Kier molecular flexibility index (Phi) is 5.41. The highest BCUT2D eigenvalue weighted by Gasteiger charge is 2.14. The fourth-order valence-corrected chi connectivity index (χ4v) is 2.55. The van der Waals surface area contributed by atoms with Crippen LogP contribution in [0.5, 0.6) is 0 Å². The van der Waals surface area contributed by atoms with Crippen molar-refractivity contribution in [3.8, 4) is 0 Å². The van der Waals surface area contributed by atoms with Crippen molar-refractivity contribution in [3.05, 3.63) is 67.9 Å². The van der Waals surface area contributed by atoms with Crippen molar-refractivity contribution >= 4 is 39.1 Å². The topological polar surface area (TPSA) is 38.0 Å². The average molecular weight is 378 g/mol. The van der Waals surface area contributed by atoms with E-state index in [0.29, 0.717) is 22.0 Å². The third-order valence-corrected chi connectivity index (χ3v) is 4.45. The number of nitrogens with two attached hydrogens (primary N) is 1. The Bertz CT molecular complexity index is 622. The lowest BCUT2D eigenvalue weighted by molar-refractivity contribution is 0.529. The maximum atomic E-state index is 13.8. The van der Waals surface area contributed by atoms with Gasteiger partial charge in [0.25, 0.3) is 0 Å². The molecule has 1 atom stereocenters. The lowest BCUT2D eigenvalue weighted by atomic mass is 9.99. The zero-order chi connectivity index (χ0) is 14.7. The molecule has 6 heteroatoms. The van der Waals surface area contributed by atoms with E-state index in [1.54, 1.807) is 12.1 Å². The summed E-state index contributed by atoms with van der Waals surface area (Å²) in [6, 6.07) is 9.70. The van der Waals surface area contributed by atoms with E-state index in [0.717, 1.165) is 10.0 Å². The van der Waals surface area contributed by atoms with E-state index >= 15 is 0 Å². The Balaban J connectivity index is 2.28. The van der Waals surface area contributed by atoms with Crippen molar-refractivity contribution in [3.63, 3.8) is 0 Å². The molecule has 0 saturated carbocycles. The van der Waals surface area contributed by atoms with Gasteiger partial charge in [0.2, 0.25) is 0 Å². The predicted molar refractivity (Wildman–Crippen MR) is 84.3 cm³/mol. The summed E-state index contributed by atoms with van der Waals surface area (Å²) in [5.74, 6) is 5.26. The Labute approximate surface area is 135 Å². The van der Waals surface area contributed by atoms with E-state index in [4.69, 9.17) is 29.0 Å². The normalized spacial score (nSPS) is 12.4. The Hall–Kier alpha value is -0.650. The summed E-state index contributed by atoms with van der Waals surface area (Å²) in [5, 5.41) is 1.07. The van der Waals surface area contributed by atoms with Gasteiger partial charge in [0.05, 0.1) is 11.1 Å². The summed E-state index contributed by atoms with van der Waals surface area (Å²) in [4.78, 5) is 0. The van der Waals surface area contributed by atoms with E-state index in [1.165, 1.54) is 12.1 Å². The Morgan fingerprint density at radius 2 is 1.95 bits per heavy atom. The highest BCUT2D eigenvalue weighted by molar-refractivity contribution is 9.10. The van der Waals surface area contributed by atoms with E-state index in [1.807, 2.05) is 12.1 Å². The molecule has 20 heavy (non-hydrogen) atoms. The van der Waals surface area contributed by atoms with Crippen LogP contribution in [0.3, 0.4) is 0 Å². The van der Waals surface area contributed by atoms with Crippen molar-refractivity contribution in [2.24, 2.45) is 5.84 Å². The first-order valence-electron chi connectivity index (χ1n) is 5.86. The molecule has 0 bridgehead atoms. The predicted octanol–water partition coefficient (Wildman–Crippen LogP) is 4.64. The first kappa shape index (κ1) is 15.7. The summed E-state index contributed by atoms with van der Waals surface area (Å²) >= 11 is 15.3. The molecule has 0 fully saturated rings. The van der Waals surface area contributed by atoms with Gasteiger partial charge in [-0.3, -0.25) is 11.3 Å². The molecule has 0 aliphatic rings. The van der Waals surface area contributed by atoms with E-state index < -0.39 is 0 Å². The number of halogens is 4. The second-order valence-corrected chi connectivity index (χ2v) is 6.03. The smallest absolute Gasteiger partial charge is 0.126 e. The Morgan fingerprint density at radius 1 is 1.20 bits per heavy atom. The van der Waals surface area contributed by atoms with Gasteiger partial charge in [-0.1, -0.05) is 29.3 Å². The molecule has 1 unspecified atom stereocenters. The molecule has 2 nitrogen and oxygen atoms in total. The van der Waals surface area contributed by atoms with Gasteiger partial charge in [-0.2, -0.15) is 0 Å². The molecule has 0 aromatic heterocycles. The lowest BCUT2D eigenvalue weighted by Crippen LogP contribution is -2.29. The molecule has 2 aromatic rings. The van der Waals surface area contributed by atoms with Gasteiger partial charge in [-0.25, -0.2) is 4.39 Å². The van der Waals surface area contributed by atoms with Crippen molar-refractivity contribution in [2.45, 2.75) is 12.5 Å². The van der Waals surface area contributed by atoms with Crippen LogP contribution < -0.4 is 11.3 Å². The van der Waals surface area contributed by atoms with Crippen molar-refractivity contribution in [2.75, 3.05) is 0 Å². The summed E-state index contributed by atoms with van der Waals surface area (Å²) < 4.78 is 14.6. The van der Waals surface area contributed by atoms with Gasteiger partial charge in [-0.15, -0.1) is 0 Å². The van der Waals surface area contributed by atoms with Crippen LogP contribution in [0.4, 0.5) is 4.39 Å². The van der Waals surface area contributed by atoms with Crippen molar-refractivity contribution in [1.29, 1.82) is 0 Å². The quantitative estimate of drug-likeness (QED) is 0.601. The fraction of sp³-hybridized carbons (Fsp3) is 0.143. The molecular weight excluding hydrogens is 366 g/mol. The highest BCUT2D eigenvalue weighted by Crippen LogP contribution is 2.28. The molecule has 3 N–H and O–H groups in total. The van der Waals surface area contributed by atoms with Crippen LogP contribution in [0.15, 0.2) is 40.9 Å². The third kappa shape index (κ3) is 3.71. The highest BCUT2D eigenvalue weighted by atomic mass is 79.9. The monoisotopic (exact) mass is 376 g/mol. The van der Waals surface area contributed by atoms with Gasteiger partial charge < -0.3 is 0 Å². The number of hydrogen-bond donors (Lipinski definition) is 2. The Morgan fingerprint density at radius 3 is 2.60 bits per heavy atom. The van der Waals surface area contributed by atoms with Crippen LogP contribution in [-0.4, -0.2) is 0 Å². The molecule has 0 aliphatic heterocycles. The lowest BCUT2D eigenvalue weighted by Gasteiger charge is -2.17. The standard InChI is InChI=1S/C14H12BrCl2FN2/c15-11-3-1-8(6-12(11)17)14(20-19)7-9-5-10(16)2-4-13(9)18/h1-6,14,20H,7,19H2. The minimum absolute atomic E-state index is 0.256. The minimum Gasteiger partial charge on any atom is -0.271 e. The van der Waals surface area contributed by atoms with Crippen LogP contribution in [0.1, 0.15) is 17.2 Å². The SMILES string of the molecule is NNC(Cc1cc(Cl)ccc1F)c1ccc(Br)c(Cl)c1. The number of hydrogen-bond acceptors (Lipinski definition) is 2. The number of hydrazine groups is 1. The zero-order valence-corrected chi connectivity index (χ0v) is 13.4. The first-order chi connectivity index (χ1) is 9.51. The van der Waals surface area contributed by atoms with Gasteiger partial charge in [0.15, 0.2) is 0 Å². The summed E-state index contributed by atoms with van der Waals surface area (Å²) in [5.41, 5.74) is 4.05. The van der Waals surface area contributed by atoms with Crippen molar-refractivity contribution < 1.29 is 4.39 Å². The maximum Gasteiger partial charge on any atom is 0.126 e. The fourth-order valence-electron chi connectivity index (χ4n) is 1.92. The number of nitrogens with one attached hydrogen (secondary N) is 1. The summed E-state index contributed by atoms with van der Waals surface area (Å²) in [6.45, 7) is 0. The van der Waals surface area contributed by atoms with Crippen LogP contribution in [0, 0.1) is 5.82 Å². The van der Waals surface area contributed by atoms with Crippen LogP contribution in [0.2, 0.25) is 10.0 Å². The minimum atomic E-state index is -0.308. The van der Waals surface area contributed by atoms with E-state index in [9.17, 15) is 4.39 Å². The molecule has 0 heterocycles. The molecule has 2 aromatic carbocycles. The number of benzene rings is 2. The molecule has 0 saturated heterocycles. The van der Waals surface area contributed by atoms with Gasteiger partial charge in [0, 0.05) is 9.50 Å². The molecule has 2 rings (SSSR count). The van der Waals surface area contributed by atoms with Crippen molar-refractivity contribution in [1.82, 2.24) is 5.43 Å². The third-order valence-electron chi connectivity index (χ3n) is 2.98. The summed E-state index contributed by atoms with van der Waals surface area (Å²) in [7, 11) is 0. The molecule has 0 amide bonds. The van der Waals surface area contributed by atoms with Gasteiger partial charge in [-0.05, 0) is 63.8 Å². The second kappa shape index (κ2) is 6.87. The largest absolute Gasteiger partial charge is 0.271 e. The average Bonchev–Trinajstić information content (AvgIpc) is 2.43. The zero-order valence-electron chi connectivity index (χ0n) is 10.3. The number of rotatable bonds is 4. The molecule has 0 aliphatic carbocycles. The molecule has 0 radical (unpaired) electrons. The molecular formula is C14H12BrCl2FN2. The van der Waals surface area contributed by atoms with E-state index in [2.05, 4.69) is 21.4 Å². The maximum absolute atomic E-state index is 13.8. The summed E-state index contributed by atoms with van der Waals surface area (Å²) in [6.07, 6.45) is 0.376. The first-order valence-corrected chi connectivity index (χ1v) is 7.41. The molecule has 0 spiro atoms.